The summed E-state index contributed by atoms with van der Waals surface area (Å²) in [5, 5.41) is 0.377. The standard InChI is InChI=1S/C16H24ClNO2S/c1-11(2)9-18-5-6-21(19,20)16-14(10-18)7-13(12(3)4)8-15(16)17/h7-8,11-12H,5-6,9-10H2,1-4H3. The number of nitrogens with zero attached hydrogens (tertiary/aromatic N) is 1. The van der Waals surface area contributed by atoms with Crippen LogP contribution < -0.4 is 0 Å². The molecule has 0 aromatic heterocycles. The van der Waals surface area contributed by atoms with Gasteiger partial charge in [0.15, 0.2) is 9.84 Å². The van der Waals surface area contributed by atoms with Gasteiger partial charge in [0.05, 0.1) is 15.7 Å². The van der Waals surface area contributed by atoms with Crippen molar-refractivity contribution in [1.29, 1.82) is 0 Å². The SMILES string of the molecule is CC(C)CN1CCS(=O)(=O)c2c(Cl)cc(C(C)C)cc2C1. The van der Waals surface area contributed by atoms with E-state index in [0.29, 0.717) is 34.8 Å². The van der Waals surface area contributed by atoms with Gasteiger partial charge >= 0.3 is 0 Å². The Balaban J connectivity index is 2.52. The Hall–Kier alpha value is -0.580. The van der Waals surface area contributed by atoms with Crippen LogP contribution in [0, 0.1) is 5.92 Å². The first-order valence-electron chi connectivity index (χ1n) is 7.48. The highest BCUT2D eigenvalue weighted by Gasteiger charge is 2.28. The van der Waals surface area contributed by atoms with Crippen molar-refractivity contribution < 1.29 is 8.42 Å². The molecule has 1 aliphatic heterocycles. The molecule has 0 aliphatic carbocycles. The Labute approximate surface area is 133 Å². The highest BCUT2D eigenvalue weighted by atomic mass is 35.5. The predicted octanol–water partition coefficient (Wildman–Crippen LogP) is 3.71. The van der Waals surface area contributed by atoms with E-state index in [-0.39, 0.29) is 5.75 Å². The molecule has 0 atom stereocenters. The fourth-order valence-electron chi connectivity index (χ4n) is 2.82. The minimum Gasteiger partial charge on any atom is -0.298 e. The zero-order chi connectivity index (χ0) is 15.8. The summed E-state index contributed by atoms with van der Waals surface area (Å²) in [6, 6.07) is 3.82. The third-order valence-corrected chi connectivity index (χ3v) is 6.05. The molecule has 21 heavy (non-hydrogen) atoms. The maximum absolute atomic E-state index is 12.5. The lowest BCUT2D eigenvalue weighted by Gasteiger charge is -2.22. The monoisotopic (exact) mass is 329 g/mol. The van der Waals surface area contributed by atoms with E-state index >= 15 is 0 Å². The molecular weight excluding hydrogens is 306 g/mol. The Morgan fingerprint density at radius 2 is 1.90 bits per heavy atom. The van der Waals surface area contributed by atoms with Crippen LogP contribution in [-0.2, 0) is 16.4 Å². The van der Waals surface area contributed by atoms with Gasteiger partial charge in [-0.1, -0.05) is 45.4 Å². The van der Waals surface area contributed by atoms with Crippen LogP contribution in [0.3, 0.4) is 0 Å². The summed E-state index contributed by atoms with van der Waals surface area (Å²) in [5.74, 6) is 0.989. The number of fused-ring (bicyclic) bond motifs is 1. The van der Waals surface area contributed by atoms with Gasteiger partial charge in [0.2, 0.25) is 0 Å². The van der Waals surface area contributed by atoms with Crippen molar-refractivity contribution in [1.82, 2.24) is 4.90 Å². The van der Waals surface area contributed by atoms with Crippen molar-refractivity contribution in [3.05, 3.63) is 28.3 Å². The molecule has 0 fully saturated rings. The third kappa shape index (κ3) is 3.79. The van der Waals surface area contributed by atoms with E-state index in [4.69, 9.17) is 11.6 Å². The Bertz CT molecular complexity index is 623. The Kier molecular flexibility index (Phi) is 5.01. The molecule has 0 amide bonds. The van der Waals surface area contributed by atoms with Crippen molar-refractivity contribution in [2.75, 3.05) is 18.8 Å². The van der Waals surface area contributed by atoms with Crippen molar-refractivity contribution in [3.8, 4) is 0 Å². The average molecular weight is 330 g/mol. The second-order valence-electron chi connectivity index (χ2n) is 6.59. The van der Waals surface area contributed by atoms with Gasteiger partial charge in [0.25, 0.3) is 0 Å². The molecule has 118 valence electrons. The lowest BCUT2D eigenvalue weighted by Crippen LogP contribution is -2.29. The topological polar surface area (TPSA) is 37.4 Å². The highest BCUT2D eigenvalue weighted by molar-refractivity contribution is 7.91. The van der Waals surface area contributed by atoms with Crippen LogP contribution in [0.15, 0.2) is 17.0 Å². The van der Waals surface area contributed by atoms with E-state index in [2.05, 4.69) is 32.6 Å². The fraction of sp³-hybridized carbons (Fsp3) is 0.625. The minimum absolute atomic E-state index is 0.146. The van der Waals surface area contributed by atoms with E-state index in [1.54, 1.807) is 6.07 Å². The Morgan fingerprint density at radius 3 is 2.48 bits per heavy atom. The van der Waals surface area contributed by atoms with E-state index in [0.717, 1.165) is 17.7 Å². The van der Waals surface area contributed by atoms with Gasteiger partial charge in [-0.05, 0) is 29.0 Å². The van der Waals surface area contributed by atoms with Gasteiger partial charge in [-0.2, -0.15) is 0 Å². The Morgan fingerprint density at radius 1 is 1.24 bits per heavy atom. The van der Waals surface area contributed by atoms with Crippen LogP contribution in [0.25, 0.3) is 0 Å². The zero-order valence-electron chi connectivity index (χ0n) is 13.2. The molecule has 1 aromatic rings. The number of rotatable bonds is 3. The summed E-state index contributed by atoms with van der Waals surface area (Å²) < 4.78 is 25.0. The van der Waals surface area contributed by atoms with Gasteiger partial charge in [-0.15, -0.1) is 0 Å². The number of benzene rings is 1. The summed E-state index contributed by atoms with van der Waals surface area (Å²) in [6.45, 7) is 10.6. The molecule has 1 aromatic carbocycles. The molecular formula is C16H24ClNO2S. The molecule has 1 heterocycles. The molecule has 1 aliphatic rings. The third-order valence-electron chi connectivity index (χ3n) is 3.81. The lowest BCUT2D eigenvalue weighted by molar-refractivity contribution is 0.250. The molecule has 0 saturated carbocycles. The fourth-order valence-corrected chi connectivity index (χ4v) is 5.00. The number of sulfone groups is 1. The molecule has 5 heteroatoms. The first-order chi connectivity index (χ1) is 9.70. The maximum atomic E-state index is 12.5. The molecule has 0 unspecified atom stereocenters. The van der Waals surface area contributed by atoms with Crippen molar-refractivity contribution in [2.24, 2.45) is 5.92 Å². The van der Waals surface area contributed by atoms with E-state index in [1.165, 1.54) is 0 Å². The lowest BCUT2D eigenvalue weighted by atomic mass is 10.0. The van der Waals surface area contributed by atoms with Crippen LogP contribution in [0.5, 0.6) is 0 Å². The predicted molar refractivity (Wildman–Crippen MR) is 87.7 cm³/mol. The summed E-state index contributed by atoms with van der Waals surface area (Å²) >= 11 is 6.30. The van der Waals surface area contributed by atoms with Gasteiger partial charge in [0.1, 0.15) is 0 Å². The van der Waals surface area contributed by atoms with Crippen molar-refractivity contribution in [3.63, 3.8) is 0 Å². The maximum Gasteiger partial charge on any atom is 0.181 e. The summed E-state index contributed by atoms with van der Waals surface area (Å²) in [7, 11) is -3.29. The number of hydrogen-bond acceptors (Lipinski definition) is 3. The van der Waals surface area contributed by atoms with E-state index in [1.807, 2.05) is 6.07 Å². The van der Waals surface area contributed by atoms with Gasteiger partial charge in [-0.25, -0.2) is 8.42 Å². The first kappa shape index (κ1) is 16.8. The average Bonchev–Trinajstić information content (AvgIpc) is 2.45. The van der Waals surface area contributed by atoms with Crippen LogP contribution in [0.1, 0.15) is 44.7 Å². The van der Waals surface area contributed by atoms with Crippen LogP contribution in [0.4, 0.5) is 0 Å². The van der Waals surface area contributed by atoms with Gasteiger partial charge < -0.3 is 0 Å². The smallest absolute Gasteiger partial charge is 0.181 e. The largest absolute Gasteiger partial charge is 0.298 e. The highest BCUT2D eigenvalue weighted by Crippen LogP contribution is 2.33. The molecule has 0 spiro atoms. The molecule has 2 rings (SSSR count). The number of halogens is 1. The molecule has 0 radical (unpaired) electrons. The van der Waals surface area contributed by atoms with Crippen LogP contribution >= 0.6 is 11.6 Å². The van der Waals surface area contributed by atoms with Crippen molar-refractivity contribution >= 4 is 21.4 Å². The second kappa shape index (κ2) is 6.27. The summed E-state index contributed by atoms with van der Waals surface area (Å²) in [5.41, 5.74) is 1.95. The molecule has 0 N–H and O–H groups in total. The van der Waals surface area contributed by atoms with Crippen LogP contribution in [0.2, 0.25) is 5.02 Å². The minimum atomic E-state index is -3.29. The van der Waals surface area contributed by atoms with E-state index < -0.39 is 9.84 Å². The zero-order valence-corrected chi connectivity index (χ0v) is 14.8. The van der Waals surface area contributed by atoms with E-state index in [9.17, 15) is 8.42 Å². The number of hydrogen-bond donors (Lipinski definition) is 0. The van der Waals surface area contributed by atoms with Crippen molar-refractivity contribution in [2.45, 2.75) is 45.1 Å². The summed E-state index contributed by atoms with van der Waals surface area (Å²) in [4.78, 5) is 2.56. The van der Waals surface area contributed by atoms with Crippen LogP contribution in [-0.4, -0.2) is 32.2 Å². The van der Waals surface area contributed by atoms with Gasteiger partial charge in [-0.3, -0.25) is 4.90 Å². The second-order valence-corrected chi connectivity index (χ2v) is 9.05. The molecule has 0 bridgehead atoms. The first-order valence-corrected chi connectivity index (χ1v) is 9.51. The molecule has 3 nitrogen and oxygen atoms in total. The quantitative estimate of drug-likeness (QED) is 0.848. The summed E-state index contributed by atoms with van der Waals surface area (Å²) in [6.07, 6.45) is 0. The normalized spacial score (nSPS) is 18.8. The molecule has 0 saturated heterocycles. The van der Waals surface area contributed by atoms with Gasteiger partial charge in [0, 0.05) is 19.6 Å².